The number of carbonyl (C=O) groups excluding carboxylic acids is 1. The minimum absolute atomic E-state index is 0.365. The molecule has 2 N–H and O–H groups in total. The molecule has 0 aliphatic carbocycles. The van der Waals surface area contributed by atoms with Gasteiger partial charge in [0.25, 0.3) is 0 Å². The molecule has 0 bridgehead atoms. The van der Waals surface area contributed by atoms with Crippen LogP contribution in [-0.2, 0) is 9.53 Å². The predicted molar refractivity (Wildman–Crippen MR) is 58.0 cm³/mol. The summed E-state index contributed by atoms with van der Waals surface area (Å²) in [5.41, 5.74) is 4.49. The van der Waals surface area contributed by atoms with Crippen LogP contribution in [0.15, 0.2) is 0 Å². The van der Waals surface area contributed by atoms with E-state index in [1.807, 2.05) is 6.92 Å². The second-order valence-corrected chi connectivity index (χ2v) is 3.86. The number of primary amides is 1. The van der Waals surface area contributed by atoms with E-state index in [0.717, 1.165) is 12.8 Å². The van der Waals surface area contributed by atoms with Crippen LogP contribution >= 0.6 is 0 Å². The van der Waals surface area contributed by atoms with Gasteiger partial charge in [-0.3, -0.25) is 4.79 Å². The molecule has 0 radical (unpaired) electrons. The summed E-state index contributed by atoms with van der Waals surface area (Å²) in [6.07, 6.45) is 5.24. The maximum Gasteiger partial charge on any atom is 0.249 e. The maximum atomic E-state index is 11.1. The topological polar surface area (TPSA) is 52.3 Å². The molecule has 3 heteroatoms. The monoisotopic (exact) mass is 201 g/mol. The first kappa shape index (κ1) is 13.4. The van der Waals surface area contributed by atoms with Crippen LogP contribution in [0.1, 0.15) is 52.9 Å². The number of nitrogens with two attached hydrogens (primary N) is 1. The molecule has 0 aliphatic heterocycles. The highest BCUT2D eigenvalue weighted by atomic mass is 16.5. The number of hydrogen-bond acceptors (Lipinski definition) is 2. The SMILES string of the molecule is CCCCCCOC(C)(CC)C(N)=O. The number of carbonyl (C=O) groups is 1. The second kappa shape index (κ2) is 6.82. The van der Waals surface area contributed by atoms with Gasteiger partial charge >= 0.3 is 0 Å². The second-order valence-electron chi connectivity index (χ2n) is 3.86. The van der Waals surface area contributed by atoms with Gasteiger partial charge < -0.3 is 10.5 Å². The molecule has 1 atom stereocenters. The fourth-order valence-electron chi connectivity index (χ4n) is 1.17. The molecule has 0 fully saturated rings. The number of ether oxygens (including phenoxy) is 1. The van der Waals surface area contributed by atoms with Gasteiger partial charge in [-0.25, -0.2) is 0 Å². The Morgan fingerprint density at radius 3 is 2.36 bits per heavy atom. The average Bonchev–Trinajstić information content (AvgIpc) is 2.17. The molecule has 84 valence electrons. The molecule has 0 saturated carbocycles. The minimum atomic E-state index is -0.772. The summed E-state index contributed by atoms with van der Waals surface area (Å²) in [5.74, 6) is -0.365. The van der Waals surface area contributed by atoms with Crippen LogP contribution in [0.25, 0.3) is 0 Å². The summed E-state index contributed by atoms with van der Waals surface area (Å²) in [4.78, 5) is 11.1. The highest BCUT2D eigenvalue weighted by Crippen LogP contribution is 2.15. The van der Waals surface area contributed by atoms with Gasteiger partial charge in [-0.1, -0.05) is 33.1 Å². The largest absolute Gasteiger partial charge is 0.367 e. The van der Waals surface area contributed by atoms with Crippen molar-refractivity contribution in [1.82, 2.24) is 0 Å². The number of amides is 1. The fraction of sp³-hybridized carbons (Fsp3) is 0.909. The van der Waals surface area contributed by atoms with E-state index in [0.29, 0.717) is 13.0 Å². The molecule has 0 rings (SSSR count). The molecule has 0 aliphatic rings. The van der Waals surface area contributed by atoms with E-state index in [-0.39, 0.29) is 5.91 Å². The standard InChI is InChI=1S/C11H23NO2/c1-4-6-7-8-9-14-11(3,5-2)10(12)13/h4-9H2,1-3H3,(H2,12,13). The summed E-state index contributed by atoms with van der Waals surface area (Å²) in [6, 6.07) is 0. The normalized spacial score (nSPS) is 15.1. The van der Waals surface area contributed by atoms with Crippen molar-refractivity contribution in [2.75, 3.05) is 6.61 Å². The van der Waals surface area contributed by atoms with Gasteiger partial charge in [-0.05, 0) is 19.8 Å². The zero-order valence-electron chi connectivity index (χ0n) is 9.64. The first-order valence-electron chi connectivity index (χ1n) is 5.50. The smallest absolute Gasteiger partial charge is 0.249 e. The molecule has 3 nitrogen and oxygen atoms in total. The quantitative estimate of drug-likeness (QED) is 0.612. The summed E-state index contributed by atoms with van der Waals surface area (Å²) in [6.45, 7) is 6.47. The summed E-state index contributed by atoms with van der Waals surface area (Å²) in [7, 11) is 0. The molecule has 1 unspecified atom stereocenters. The van der Waals surface area contributed by atoms with E-state index in [1.165, 1.54) is 12.8 Å². The first-order chi connectivity index (χ1) is 6.56. The number of hydrogen-bond donors (Lipinski definition) is 1. The third-order valence-electron chi connectivity index (χ3n) is 2.61. The van der Waals surface area contributed by atoms with Crippen LogP contribution in [0, 0.1) is 0 Å². The Hall–Kier alpha value is -0.570. The minimum Gasteiger partial charge on any atom is -0.367 e. The van der Waals surface area contributed by atoms with Crippen molar-refractivity contribution in [3.63, 3.8) is 0 Å². The molecular formula is C11H23NO2. The Bertz CT molecular complexity index is 171. The zero-order valence-corrected chi connectivity index (χ0v) is 9.64. The van der Waals surface area contributed by atoms with Gasteiger partial charge in [-0.15, -0.1) is 0 Å². The van der Waals surface area contributed by atoms with Crippen molar-refractivity contribution >= 4 is 5.91 Å². The van der Waals surface area contributed by atoms with Gasteiger partial charge in [0.15, 0.2) is 0 Å². The van der Waals surface area contributed by atoms with Crippen LogP contribution in [0.2, 0.25) is 0 Å². The zero-order chi connectivity index (χ0) is 11.0. The van der Waals surface area contributed by atoms with Gasteiger partial charge in [0.05, 0.1) is 0 Å². The number of rotatable bonds is 8. The van der Waals surface area contributed by atoms with Crippen molar-refractivity contribution in [1.29, 1.82) is 0 Å². The lowest BCUT2D eigenvalue weighted by atomic mass is 10.0. The van der Waals surface area contributed by atoms with Crippen LogP contribution in [0.3, 0.4) is 0 Å². The molecule has 0 aromatic rings. The van der Waals surface area contributed by atoms with E-state index in [1.54, 1.807) is 6.92 Å². The fourth-order valence-corrected chi connectivity index (χ4v) is 1.17. The Morgan fingerprint density at radius 1 is 1.29 bits per heavy atom. The highest BCUT2D eigenvalue weighted by Gasteiger charge is 2.29. The van der Waals surface area contributed by atoms with Crippen molar-refractivity contribution in [2.24, 2.45) is 5.73 Å². The lowest BCUT2D eigenvalue weighted by Crippen LogP contribution is -2.43. The van der Waals surface area contributed by atoms with E-state index >= 15 is 0 Å². The lowest BCUT2D eigenvalue weighted by Gasteiger charge is -2.24. The average molecular weight is 201 g/mol. The van der Waals surface area contributed by atoms with Crippen LogP contribution < -0.4 is 5.73 Å². The van der Waals surface area contributed by atoms with Crippen LogP contribution in [0.4, 0.5) is 0 Å². The summed E-state index contributed by atoms with van der Waals surface area (Å²) in [5, 5.41) is 0. The van der Waals surface area contributed by atoms with E-state index in [4.69, 9.17) is 10.5 Å². The van der Waals surface area contributed by atoms with Gasteiger partial charge in [0, 0.05) is 6.61 Å². The van der Waals surface area contributed by atoms with E-state index in [2.05, 4.69) is 6.92 Å². The highest BCUT2D eigenvalue weighted by molar-refractivity contribution is 5.82. The molecule has 0 aromatic heterocycles. The third-order valence-corrected chi connectivity index (χ3v) is 2.61. The molecule has 0 aromatic carbocycles. The molecule has 0 saturated heterocycles. The lowest BCUT2D eigenvalue weighted by molar-refractivity contribution is -0.142. The van der Waals surface area contributed by atoms with Gasteiger partial charge in [0.1, 0.15) is 5.60 Å². The predicted octanol–water partition coefficient (Wildman–Crippen LogP) is 2.24. The molecular weight excluding hydrogens is 178 g/mol. The van der Waals surface area contributed by atoms with Crippen LogP contribution in [0.5, 0.6) is 0 Å². The Kier molecular flexibility index (Phi) is 6.54. The van der Waals surface area contributed by atoms with Crippen LogP contribution in [-0.4, -0.2) is 18.1 Å². The summed E-state index contributed by atoms with van der Waals surface area (Å²) >= 11 is 0. The van der Waals surface area contributed by atoms with E-state index in [9.17, 15) is 4.79 Å². The third kappa shape index (κ3) is 4.61. The molecule has 1 amide bonds. The Labute approximate surface area is 87.0 Å². The Morgan fingerprint density at radius 2 is 1.93 bits per heavy atom. The van der Waals surface area contributed by atoms with Crippen molar-refractivity contribution in [3.8, 4) is 0 Å². The first-order valence-corrected chi connectivity index (χ1v) is 5.50. The van der Waals surface area contributed by atoms with Crippen molar-refractivity contribution in [2.45, 2.75) is 58.5 Å². The van der Waals surface area contributed by atoms with E-state index < -0.39 is 5.60 Å². The van der Waals surface area contributed by atoms with Crippen molar-refractivity contribution < 1.29 is 9.53 Å². The molecule has 14 heavy (non-hydrogen) atoms. The molecule has 0 spiro atoms. The summed E-state index contributed by atoms with van der Waals surface area (Å²) < 4.78 is 5.51. The maximum absolute atomic E-state index is 11.1. The molecule has 0 heterocycles. The van der Waals surface area contributed by atoms with Gasteiger partial charge in [-0.2, -0.15) is 0 Å². The van der Waals surface area contributed by atoms with Gasteiger partial charge in [0.2, 0.25) is 5.91 Å². The number of unbranched alkanes of at least 4 members (excludes halogenated alkanes) is 3. The Balaban J connectivity index is 3.68. The van der Waals surface area contributed by atoms with Crippen molar-refractivity contribution in [3.05, 3.63) is 0 Å².